The maximum atomic E-state index is 6.45. The van der Waals surface area contributed by atoms with Gasteiger partial charge >= 0.3 is 0 Å². The molecule has 2 aromatic rings. The molecule has 7 heteroatoms. The summed E-state index contributed by atoms with van der Waals surface area (Å²) in [4.78, 5) is 2.46. The third kappa shape index (κ3) is 5.75. The van der Waals surface area contributed by atoms with E-state index in [-0.39, 0.29) is 18.4 Å². The number of nitrogens with zero attached hydrogens (tertiary/aromatic N) is 1. The molecule has 0 radical (unpaired) electrons. The molecule has 1 aliphatic heterocycles. The van der Waals surface area contributed by atoms with E-state index in [0.29, 0.717) is 13.2 Å². The van der Waals surface area contributed by atoms with E-state index < -0.39 is 0 Å². The Bertz CT molecular complexity index is 745. The number of nitrogens with one attached hydrogen (secondary N) is 1. The van der Waals surface area contributed by atoms with Crippen LogP contribution in [0.25, 0.3) is 0 Å². The van der Waals surface area contributed by atoms with Crippen LogP contribution in [0, 0.1) is 0 Å². The van der Waals surface area contributed by atoms with E-state index >= 15 is 0 Å². The van der Waals surface area contributed by atoms with Crippen molar-refractivity contribution >= 4 is 24.0 Å². The van der Waals surface area contributed by atoms with Gasteiger partial charge in [0.15, 0.2) is 11.5 Å². The van der Waals surface area contributed by atoms with Crippen molar-refractivity contribution in [2.45, 2.75) is 12.6 Å². The molecule has 3 rings (SSSR count). The van der Waals surface area contributed by atoms with Gasteiger partial charge < -0.3 is 19.5 Å². The fourth-order valence-electron chi connectivity index (χ4n) is 3.39. The summed E-state index contributed by atoms with van der Waals surface area (Å²) in [5, 5.41) is 4.30. The van der Waals surface area contributed by atoms with E-state index in [1.54, 1.807) is 14.2 Å². The number of ether oxygens (including phenoxy) is 3. The van der Waals surface area contributed by atoms with E-state index in [2.05, 4.69) is 22.3 Å². The van der Waals surface area contributed by atoms with Crippen LogP contribution in [0.2, 0.25) is 5.02 Å². The molecule has 154 valence electrons. The lowest BCUT2D eigenvalue weighted by molar-refractivity contribution is 0.143. The average Bonchev–Trinajstić information content (AvgIpc) is 2.70. The molecular formula is C21H28Cl2N2O3. The van der Waals surface area contributed by atoms with Gasteiger partial charge in [0.05, 0.1) is 13.7 Å². The van der Waals surface area contributed by atoms with Crippen molar-refractivity contribution in [1.82, 2.24) is 10.2 Å². The van der Waals surface area contributed by atoms with Crippen LogP contribution < -0.4 is 14.8 Å². The summed E-state index contributed by atoms with van der Waals surface area (Å²) in [5.74, 6) is 1.48. The Morgan fingerprint density at radius 1 is 1.11 bits per heavy atom. The zero-order valence-corrected chi connectivity index (χ0v) is 17.9. The molecule has 1 aliphatic rings. The lowest BCUT2D eigenvalue weighted by atomic mass is 10.0. The number of hydrogen-bond acceptors (Lipinski definition) is 5. The third-order valence-corrected chi connectivity index (χ3v) is 5.12. The molecule has 0 aliphatic carbocycles. The van der Waals surface area contributed by atoms with Crippen LogP contribution >= 0.6 is 24.0 Å². The van der Waals surface area contributed by atoms with Gasteiger partial charge in [-0.25, -0.2) is 0 Å². The number of methoxy groups -OCH3 is 2. The predicted molar refractivity (Wildman–Crippen MR) is 115 cm³/mol. The van der Waals surface area contributed by atoms with E-state index in [1.807, 2.05) is 30.3 Å². The second-order valence-electron chi connectivity index (χ2n) is 6.54. The van der Waals surface area contributed by atoms with Crippen LogP contribution in [0.15, 0.2) is 42.5 Å². The van der Waals surface area contributed by atoms with Crippen LogP contribution in [-0.2, 0) is 11.3 Å². The minimum Gasteiger partial charge on any atom is -0.493 e. The Balaban J connectivity index is 0.00000280. The normalized spacial score (nSPS) is 17.0. The molecule has 0 bridgehead atoms. The molecule has 1 unspecified atom stereocenters. The van der Waals surface area contributed by atoms with Gasteiger partial charge in [0.1, 0.15) is 6.61 Å². The van der Waals surface area contributed by atoms with Crippen molar-refractivity contribution in [3.8, 4) is 11.5 Å². The summed E-state index contributed by atoms with van der Waals surface area (Å²) in [5.41, 5.74) is 2.35. The first-order valence-corrected chi connectivity index (χ1v) is 9.58. The van der Waals surface area contributed by atoms with Crippen LogP contribution in [0.5, 0.6) is 11.5 Å². The van der Waals surface area contributed by atoms with E-state index in [0.717, 1.165) is 48.3 Å². The minimum atomic E-state index is 0. The maximum absolute atomic E-state index is 6.45. The van der Waals surface area contributed by atoms with Gasteiger partial charge in [0.25, 0.3) is 0 Å². The highest BCUT2D eigenvalue weighted by atomic mass is 35.5. The number of rotatable bonds is 8. The second kappa shape index (κ2) is 11.5. The van der Waals surface area contributed by atoms with E-state index in [1.165, 1.54) is 5.56 Å². The lowest BCUT2D eigenvalue weighted by Gasteiger charge is -2.37. The second-order valence-corrected chi connectivity index (χ2v) is 6.95. The van der Waals surface area contributed by atoms with Crippen LogP contribution in [0.4, 0.5) is 0 Å². The summed E-state index contributed by atoms with van der Waals surface area (Å²) in [7, 11) is 3.33. The molecule has 5 nitrogen and oxygen atoms in total. The molecule has 1 atom stereocenters. The van der Waals surface area contributed by atoms with Gasteiger partial charge in [-0.05, 0) is 29.3 Å². The third-order valence-electron chi connectivity index (χ3n) is 4.78. The molecular weight excluding hydrogens is 399 g/mol. The fraction of sp³-hybridized carbons (Fsp3) is 0.429. The molecule has 1 saturated heterocycles. The first kappa shape index (κ1) is 22.8. The maximum Gasteiger partial charge on any atom is 0.161 e. The summed E-state index contributed by atoms with van der Waals surface area (Å²) < 4.78 is 16.3. The Labute approximate surface area is 178 Å². The monoisotopic (exact) mass is 426 g/mol. The first-order valence-electron chi connectivity index (χ1n) is 9.20. The quantitative estimate of drug-likeness (QED) is 0.647. The summed E-state index contributed by atoms with van der Waals surface area (Å²) >= 11 is 6.45. The summed E-state index contributed by atoms with van der Waals surface area (Å²) in [6, 6.07) is 14.4. The van der Waals surface area contributed by atoms with Gasteiger partial charge in [-0.2, -0.15) is 0 Å². The van der Waals surface area contributed by atoms with Gasteiger partial charge in [0.2, 0.25) is 0 Å². The topological polar surface area (TPSA) is 43.0 Å². The lowest BCUT2D eigenvalue weighted by Crippen LogP contribution is -2.45. The molecule has 28 heavy (non-hydrogen) atoms. The van der Waals surface area contributed by atoms with Gasteiger partial charge in [-0.3, -0.25) is 4.90 Å². The molecule has 0 aromatic heterocycles. The minimum absolute atomic E-state index is 0. The Kier molecular flexibility index (Phi) is 9.35. The van der Waals surface area contributed by atoms with Crippen molar-refractivity contribution in [2.75, 3.05) is 47.1 Å². The number of hydrogen-bond donors (Lipinski definition) is 1. The summed E-state index contributed by atoms with van der Waals surface area (Å²) in [6.45, 7) is 4.69. The first-order chi connectivity index (χ1) is 13.2. The van der Waals surface area contributed by atoms with E-state index in [9.17, 15) is 0 Å². The van der Waals surface area contributed by atoms with Gasteiger partial charge in [-0.1, -0.05) is 35.9 Å². The molecule has 1 N–H and O–H groups in total. The molecule has 1 fully saturated rings. The predicted octanol–water partition coefficient (Wildman–Crippen LogP) is 3.94. The van der Waals surface area contributed by atoms with Crippen molar-refractivity contribution in [2.24, 2.45) is 0 Å². The highest BCUT2D eigenvalue weighted by Crippen LogP contribution is 2.32. The van der Waals surface area contributed by atoms with Crippen LogP contribution in [0.1, 0.15) is 17.2 Å². The van der Waals surface area contributed by atoms with Crippen molar-refractivity contribution in [3.63, 3.8) is 0 Å². The van der Waals surface area contributed by atoms with Gasteiger partial charge in [-0.15, -0.1) is 12.4 Å². The largest absolute Gasteiger partial charge is 0.493 e. The number of piperazine rings is 1. The molecule has 1 heterocycles. The van der Waals surface area contributed by atoms with E-state index in [4.69, 9.17) is 25.8 Å². The Morgan fingerprint density at radius 3 is 2.68 bits per heavy atom. The fourth-order valence-corrected chi connectivity index (χ4v) is 3.65. The SMILES string of the molecule is COCCOc1ccc(CN2CCNCC2c2ccccc2Cl)cc1OC.Cl. The standard InChI is InChI=1S/C21H27ClN2O3.ClH/c1-25-11-12-27-20-8-7-16(13-21(20)26-2)15-24-10-9-23-14-19(24)17-5-3-4-6-18(17)22;/h3-8,13,19,23H,9-12,14-15H2,1-2H3;1H. The number of benzene rings is 2. The van der Waals surface area contributed by atoms with Crippen molar-refractivity contribution in [3.05, 3.63) is 58.6 Å². The van der Waals surface area contributed by atoms with Crippen LogP contribution in [0.3, 0.4) is 0 Å². The average molecular weight is 427 g/mol. The Hall–Kier alpha value is -1.50. The van der Waals surface area contributed by atoms with Crippen molar-refractivity contribution in [1.29, 1.82) is 0 Å². The van der Waals surface area contributed by atoms with Crippen molar-refractivity contribution < 1.29 is 14.2 Å². The van der Waals surface area contributed by atoms with Gasteiger partial charge in [0, 0.05) is 44.4 Å². The zero-order chi connectivity index (χ0) is 19.1. The smallest absolute Gasteiger partial charge is 0.161 e. The molecule has 0 saturated carbocycles. The molecule has 0 amide bonds. The highest BCUT2D eigenvalue weighted by molar-refractivity contribution is 6.31. The molecule has 0 spiro atoms. The number of halogens is 2. The Morgan fingerprint density at radius 2 is 1.93 bits per heavy atom. The van der Waals surface area contributed by atoms with Crippen LogP contribution in [-0.4, -0.2) is 52.0 Å². The summed E-state index contributed by atoms with van der Waals surface area (Å²) in [6.07, 6.45) is 0. The molecule has 2 aromatic carbocycles. The highest BCUT2D eigenvalue weighted by Gasteiger charge is 2.25. The zero-order valence-electron chi connectivity index (χ0n) is 16.3.